The highest BCUT2D eigenvalue weighted by Crippen LogP contribution is 2.36. The first-order valence-corrected chi connectivity index (χ1v) is 9.94. The lowest BCUT2D eigenvalue weighted by molar-refractivity contribution is 0.0390. The monoisotopic (exact) mass is 340 g/mol. The maximum absolute atomic E-state index is 13.0. The van der Waals surface area contributed by atoms with Crippen LogP contribution in [0.5, 0.6) is 0 Å². The lowest BCUT2D eigenvalue weighted by atomic mass is 9.78. The van der Waals surface area contributed by atoms with Crippen molar-refractivity contribution >= 4 is 17.2 Å². The average molecular weight is 340 g/mol. The number of nitrogens with zero attached hydrogens (tertiary/aromatic N) is 2. The quantitative estimate of drug-likeness (QED) is 0.778. The van der Waals surface area contributed by atoms with E-state index in [-0.39, 0.29) is 5.91 Å². The molecule has 2 heterocycles. The number of rotatable bonds is 2. The molecule has 2 fully saturated rings. The van der Waals surface area contributed by atoms with Crippen molar-refractivity contribution in [1.29, 1.82) is 0 Å². The molecule has 2 aliphatic rings. The summed E-state index contributed by atoms with van der Waals surface area (Å²) in [5.74, 6) is 0.947. The molecule has 1 aliphatic heterocycles. The zero-order valence-corrected chi connectivity index (χ0v) is 15.0. The van der Waals surface area contributed by atoms with Gasteiger partial charge in [-0.15, -0.1) is 11.3 Å². The van der Waals surface area contributed by atoms with E-state index in [2.05, 4.69) is 15.3 Å². The summed E-state index contributed by atoms with van der Waals surface area (Å²) in [5, 5.41) is 3.09. The second kappa shape index (κ2) is 6.67. The molecule has 2 atom stereocenters. The Morgan fingerprint density at radius 3 is 2.62 bits per heavy atom. The third kappa shape index (κ3) is 3.00. The Kier molecular flexibility index (Phi) is 4.40. The van der Waals surface area contributed by atoms with E-state index in [0.717, 1.165) is 40.7 Å². The minimum Gasteiger partial charge on any atom is -0.335 e. The summed E-state index contributed by atoms with van der Waals surface area (Å²) in [6.45, 7) is 2.93. The first-order chi connectivity index (χ1) is 11.7. The third-order valence-electron chi connectivity index (χ3n) is 5.50. The van der Waals surface area contributed by atoms with Crippen LogP contribution in [0.4, 0.5) is 0 Å². The van der Waals surface area contributed by atoms with Gasteiger partial charge in [0.25, 0.3) is 5.91 Å². The fraction of sp³-hybridized carbons (Fsp3) is 0.500. The molecule has 0 unspecified atom stereocenters. The van der Waals surface area contributed by atoms with E-state index >= 15 is 0 Å². The summed E-state index contributed by atoms with van der Waals surface area (Å²) in [4.78, 5) is 19.7. The number of piperidine rings is 1. The van der Waals surface area contributed by atoms with Gasteiger partial charge in [-0.3, -0.25) is 4.79 Å². The van der Waals surface area contributed by atoms with E-state index in [1.165, 1.54) is 32.1 Å². The van der Waals surface area contributed by atoms with Gasteiger partial charge in [-0.2, -0.15) is 0 Å². The number of fused-ring (bicyclic) bond motifs is 1. The van der Waals surface area contributed by atoms with Crippen molar-refractivity contribution in [3.8, 4) is 10.6 Å². The van der Waals surface area contributed by atoms with Crippen LogP contribution in [-0.2, 0) is 0 Å². The number of aromatic nitrogens is 1. The van der Waals surface area contributed by atoms with E-state index in [1.54, 1.807) is 11.3 Å². The maximum Gasteiger partial charge on any atom is 0.254 e. The van der Waals surface area contributed by atoms with Crippen LogP contribution in [0.3, 0.4) is 0 Å². The SMILES string of the molecule is Cc1csc(-c2ccc(C(=O)N3CCC[C@@H]4CCCC[C@@H]43)cc2)n1. The molecule has 1 aromatic heterocycles. The Hall–Kier alpha value is -1.68. The van der Waals surface area contributed by atoms with Gasteiger partial charge in [0, 0.05) is 34.8 Å². The molecule has 0 radical (unpaired) electrons. The number of hydrogen-bond acceptors (Lipinski definition) is 3. The molecular formula is C20H24N2OS. The van der Waals surface area contributed by atoms with Crippen molar-refractivity contribution in [2.24, 2.45) is 5.92 Å². The topological polar surface area (TPSA) is 33.2 Å². The summed E-state index contributed by atoms with van der Waals surface area (Å²) >= 11 is 1.65. The second-order valence-electron chi connectivity index (χ2n) is 7.12. The number of amides is 1. The third-order valence-corrected chi connectivity index (χ3v) is 6.51. The van der Waals surface area contributed by atoms with E-state index < -0.39 is 0 Å². The summed E-state index contributed by atoms with van der Waals surface area (Å²) in [7, 11) is 0. The zero-order chi connectivity index (χ0) is 16.5. The minimum absolute atomic E-state index is 0.216. The first kappa shape index (κ1) is 15.8. The van der Waals surface area contributed by atoms with Crippen molar-refractivity contribution in [2.45, 2.75) is 51.5 Å². The molecule has 1 aromatic carbocycles. The highest BCUT2D eigenvalue weighted by atomic mass is 32.1. The van der Waals surface area contributed by atoms with Crippen LogP contribution in [0.25, 0.3) is 10.6 Å². The van der Waals surface area contributed by atoms with Gasteiger partial charge in [-0.25, -0.2) is 4.98 Å². The largest absolute Gasteiger partial charge is 0.335 e. The van der Waals surface area contributed by atoms with E-state index in [9.17, 15) is 4.79 Å². The van der Waals surface area contributed by atoms with Crippen LogP contribution < -0.4 is 0 Å². The fourth-order valence-electron chi connectivity index (χ4n) is 4.28. The second-order valence-corrected chi connectivity index (χ2v) is 7.98. The molecule has 2 aromatic rings. The smallest absolute Gasteiger partial charge is 0.254 e. The number of hydrogen-bond donors (Lipinski definition) is 0. The number of carbonyl (C=O) groups excluding carboxylic acids is 1. The van der Waals surface area contributed by atoms with E-state index in [4.69, 9.17) is 0 Å². The molecule has 1 amide bonds. The van der Waals surface area contributed by atoms with Gasteiger partial charge in [0.2, 0.25) is 0 Å². The predicted molar refractivity (Wildman–Crippen MR) is 98.3 cm³/mol. The molecule has 0 bridgehead atoms. The summed E-state index contributed by atoms with van der Waals surface area (Å²) in [6.07, 6.45) is 7.56. The Balaban J connectivity index is 1.53. The molecular weight excluding hydrogens is 316 g/mol. The van der Waals surface area contributed by atoms with Crippen LogP contribution in [-0.4, -0.2) is 28.4 Å². The summed E-state index contributed by atoms with van der Waals surface area (Å²) < 4.78 is 0. The van der Waals surface area contributed by atoms with Crippen molar-refractivity contribution < 1.29 is 4.79 Å². The van der Waals surface area contributed by atoms with Crippen LogP contribution >= 0.6 is 11.3 Å². The highest BCUT2D eigenvalue weighted by Gasteiger charge is 2.35. The Bertz CT molecular complexity index is 719. The predicted octanol–water partition coefficient (Wildman–Crippen LogP) is 4.91. The van der Waals surface area contributed by atoms with E-state index in [1.807, 2.05) is 31.2 Å². The van der Waals surface area contributed by atoms with Crippen LogP contribution in [0.2, 0.25) is 0 Å². The molecule has 1 saturated carbocycles. The van der Waals surface area contributed by atoms with Gasteiger partial charge in [0.1, 0.15) is 5.01 Å². The summed E-state index contributed by atoms with van der Waals surface area (Å²) in [6, 6.07) is 8.49. The fourth-order valence-corrected chi connectivity index (χ4v) is 5.09. The van der Waals surface area contributed by atoms with Gasteiger partial charge in [0.15, 0.2) is 0 Å². The van der Waals surface area contributed by atoms with Gasteiger partial charge < -0.3 is 4.90 Å². The standard InChI is InChI=1S/C20H24N2OS/c1-14-13-24-19(21-14)16-8-10-17(11-9-16)20(23)22-12-4-6-15-5-2-3-7-18(15)22/h8-11,13,15,18H,2-7,12H2,1H3/t15-,18-/m0/s1. The maximum atomic E-state index is 13.0. The lowest BCUT2D eigenvalue weighted by Gasteiger charge is -2.44. The normalized spacial score (nSPS) is 23.8. The molecule has 0 spiro atoms. The van der Waals surface area contributed by atoms with Gasteiger partial charge in [-0.1, -0.05) is 25.0 Å². The van der Waals surface area contributed by atoms with Gasteiger partial charge >= 0.3 is 0 Å². The zero-order valence-electron chi connectivity index (χ0n) is 14.2. The lowest BCUT2D eigenvalue weighted by Crippen LogP contribution is -2.49. The van der Waals surface area contributed by atoms with Gasteiger partial charge in [0.05, 0.1) is 0 Å². The number of benzene rings is 1. The van der Waals surface area contributed by atoms with E-state index in [0.29, 0.717) is 6.04 Å². The van der Waals surface area contributed by atoms with Crippen LogP contribution in [0.15, 0.2) is 29.6 Å². The Morgan fingerprint density at radius 1 is 1.12 bits per heavy atom. The number of likely N-dealkylation sites (tertiary alicyclic amines) is 1. The minimum atomic E-state index is 0.216. The molecule has 1 aliphatic carbocycles. The average Bonchev–Trinajstić information content (AvgIpc) is 3.07. The van der Waals surface area contributed by atoms with Crippen LogP contribution in [0.1, 0.15) is 54.6 Å². The number of thiazole rings is 1. The molecule has 24 heavy (non-hydrogen) atoms. The summed E-state index contributed by atoms with van der Waals surface area (Å²) in [5.41, 5.74) is 2.96. The van der Waals surface area contributed by atoms with Crippen molar-refractivity contribution in [3.63, 3.8) is 0 Å². The molecule has 1 saturated heterocycles. The molecule has 3 nitrogen and oxygen atoms in total. The first-order valence-electron chi connectivity index (χ1n) is 9.06. The Morgan fingerprint density at radius 2 is 1.88 bits per heavy atom. The van der Waals surface area contributed by atoms with Crippen molar-refractivity contribution in [1.82, 2.24) is 9.88 Å². The van der Waals surface area contributed by atoms with Crippen molar-refractivity contribution in [3.05, 3.63) is 40.9 Å². The van der Waals surface area contributed by atoms with Crippen molar-refractivity contribution in [2.75, 3.05) is 6.54 Å². The molecule has 4 heteroatoms. The molecule has 0 N–H and O–H groups in total. The molecule has 126 valence electrons. The van der Waals surface area contributed by atoms with Crippen LogP contribution in [0, 0.1) is 12.8 Å². The van der Waals surface area contributed by atoms with Gasteiger partial charge in [-0.05, 0) is 50.7 Å². The number of aryl methyl sites for hydroxylation is 1. The Labute approximate surface area is 147 Å². The number of carbonyl (C=O) groups is 1. The highest BCUT2D eigenvalue weighted by molar-refractivity contribution is 7.13. The molecule has 4 rings (SSSR count).